The van der Waals surface area contributed by atoms with Crippen LogP contribution in [0.15, 0.2) is 23.4 Å². The molecule has 0 aromatic carbocycles. The van der Waals surface area contributed by atoms with Gasteiger partial charge in [0.05, 0.1) is 12.5 Å². The van der Waals surface area contributed by atoms with E-state index in [9.17, 15) is 14.4 Å². The van der Waals surface area contributed by atoms with E-state index >= 15 is 0 Å². The van der Waals surface area contributed by atoms with E-state index in [1.807, 2.05) is 26.0 Å². The molecule has 5 rings (SSSR count). The molecular formula is C33H40N2O3. The SMILES string of the molecule is [C-]#[N+]C1=C[C@]2(C)C3=CC(=O)[C]4[C]5CC(C)(C)CC[C@]5(NC(=O)C#C)CC[C@@]4(C)[C@]3(C)CC[C@H]2C(C)(C)C1=O. The van der Waals surface area contributed by atoms with Crippen molar-refractivity contribution in [1.29, 1.82) is 0 Å². The summed E-state index contributed by atoms with van der Waals surface area (Å²) >= 11 is 0. The first-order chi connectivity index (χ1) is 17.5. The molecule has 5 heteroatoms. The zero-order valence-corrected chi connectivity index (χ0v) is 23.9. The van der Waals surface area contributed by atoms with Crippen LogP contribution in [0.25, 0.3) is 4.85 Å². The first kappa shape index (κ1) is 26.9. The predicted molar refractivity (Wildman–Crippen MR) is 147 cm³/mol. The van der Waals surface area contributed by atoms with Crippen molar-refractivity contribution >= 4 is 17.5 Å². The van der Waals surface area contributed by atoms with E-state index in [2.05, 4.69) is 50.7 Å². The van der Waals surface area contributed by atoms with Crippen LogP contribution < -0.4 is 5.32 Å². The third-order valence-corrected chi connectivity index (χ3v) is 11.7. The van der Waals surface area contributed by atoms with Crippen LogP contribution in [-0.2, 0) is 14.4 Å². The van der Waals surface area contributed by atoms with E-state index in [1.54, 1.807) is 0 Å². The lowest BCUT2D eigenvalue weighted by Gasteiger charge is -2.68. The van der Waals surface area contributed by atoms with Gasteiger partial charge in [-0.1, -0.05) is 60.1 Å². The molecule has 200 valence electrons. The van der Waals surface area contributed by atoms with Crippen molar-refractivity contribution in [2.45, 2.75) is 99.0 Å². The monoisotopic (exact) mass is 512 g/mol. The van der Waals surface area contributed by atoms with Crippen LogP contribution in [0.2, 0.25) is 0 Å². The van der Waals surface area contributed by atoms with E-state index < -0.39 is 27.7 Å². The van der Waals surface area contributed by atoms with Gasteiger partial charge in [-0.05, 0) is 79.1 Å². The number of amides is 1. The van der Waals surface area contributed by atoms with Gasteiger partial charge in [0.1, 0.15) is 0 Å². The van der Waals surface area contributed by atoms with Crippen LogP contribution >= 0.6 is 0 Å². The standard InChI is InChI=1S/C33H40N2O3/c1-10-25(37)35-33-15-13-28(2,3)18-20(33)26-22(36)17-24-30(6)19-21(34-9)27(38)29(4,5)23(30)11-12-31(24,7)32(26,8)14-16-33/h1,17,19,23H,11-16,18H2,2-8H3,(H,35,37)/t23-,30-,31+,32+,33-/m0/s1. The zero-order chi connectivity index (χ0) is 28.1. The zero-order valence-electron chi connectivity index (χ0n) is 23.9. The average molecular weight is 513 g/mol. The Morgan fingerprint density at radius 1 is 1.03 bits per heavy atom. The maximum atomic E-state index is 14.4. The van der Waals surface area contributed by atoms with Gasteiger partial charge >= 0.3 is 0 Å². The Balaban J connectivity index is 1.69. The molecule has 0 aliphatic heterocycles. The van der Waals surface area contributed by atoms with Crippen LogP contribution in [0.3, 0.4) is 0 Å². The van der Waals surface area contributed by atoms with Crippen molar-refractivity contribution in [3.8, 4) is 12.3 Å². The number of carbonyl (C=O) groups is 3. The van der Waals surface area contributed by atoms with Gasteiger partial charge in [-0.15, -0.1) is 6.42 Å². The average Bonchev–Trinajstić information content (AvgIpc) is 2.83. The Morgan fingerprint density at radius 2 is 1.68 bits per heavy atom. The van der Waals surface area contributed by atoms with Gasteiger partial charge in [-0.3, -0.25) is 9.59 Å². The molecule has 5 nitrogen and oxygen atoms in total. The summed E-state index contributed by atoms with van der Waals surface area (Å²) < 4.78 is 0. The topological polar surface area (TPSA) is 67.6 Å². The highest BCUT2D eigenvalue weighted by atomic mass is 16.2. The van der Waals surface area contributed by atoms with Crippen molar-refractivity contribution in [2.75, 3.05) is 0 Å². The van der Waals surface area contributed by atoms with Gasteiger partial charge in [0.15, 0.2) is 11.6 Å². The fraction of sp³-hybridized carbons (Fsp3) is 0.636. The highest BCUT2D eigenvalue weighted by molar-refractivity contribution is 6.08. The number of fused-ring (bicyclic) bond motifs is 7. The number of ketones is 2. The molecule has 0 saturated heterocycles. The summed E-state index contributed by atoms with van der Waals surface area (Å²) in [6, 6.07) is 0. The van der Waals surface area contributed by atoms with Crippen LogP contribution in [0.5, 0.6) is 0 Å². The van der Waals surface area contributed by atoms with Gasteiger partial charge in [0, 0.05) is 22.3 Å². The largest absolute Gasteiger partial charge is 0.339 e. The van der Waals surface area contributed by atoms with E-state index in [0.717, 1.165) is 62.4 Å². The fourth-order valence-electron chi connectivity index (χ4n) is 9.34. The molecule has 2 radical (unpaired) electrons. The molecule has 0 spiro atoms. The minimum absolute atomic E-state index is 0.0147. The number of allylic oxidation sites excluding steroid dienone is 4. The highest BCUT2D eigenvalue weighted by Gasteiger charge is 2.70. The van der Waals surface area contributed by atoms with Crippen LogP contribution in [0.1, 0.15) is 93.4 Å². The molecule has 0 unspecified atom stereocenters. The quantitative estimate of drug-likeness (QED) is 0.347. The lowest BCUT2D eigenvalue weighted by molar-refractivity contribution is -0.134. The molecule has 5 atom stereocenters. The number of hydrogen-bond acceptors (Lipinski definition) is 3. The maximum Gasteiger partial charge on any atom is 0.296 e. The van der Waals surface area contributed by atoms with Crippen LogP contribution in [0.4, 0.5) is 0 Å². The Kier molecular flexibility index (Phi) is 5.63. The smallest absolute Gasteiger partial charge is 0.296 e. The number of Topliss-reactive ketones (excluding diaryl/α,β-unsaturated/α-hetero) is 1. The first-order valence-corrected chi connectivity index (χ1v) is 14.0. The summed E-state index contributed by atoms with van der Waals surface area (Å²) in [7, 11) is 0. The summed E-state index contributed by atoms with van der Waals surface area (Å²) in [6.45, 7) is 22.8. The highest BCUT2D eigenvalue weighted by Crippen LogP contribution is 2.74. The molecule has 0 aromatic heterocycles. The molecular weight excluding hydrogens is 472 g/mol. The minimum atomic E-state index is -0.678. The van der Waals surface area contributed by atoms with E-state index in [4.69, 9.17) is 13.0 Å². The molecule has 1 amide bonds. The number of carbonyl (C=O) groups excluding carboxylic acids is 3. The van der Waals surface area contributed by atoms with Crippen molar-refractivity contribution in [3.63, 3.8) is 0 Å². The third kappa shape index (κ3) is 3.27. The normalized spacial score (nSPS) is 41.7. The lowest BCUT2D eigenvalue weighted by atomic mass is 9.35. The fourth-order valence-corrected chi connectivity index (χ4v) is 9.34. The van der Waals surface area contributed by atoms with E-state index in [1.165, 1.54) is 0 Å². The van der Waals surface area contributed by atoms with Gasteiger partial charge in [-0.2, -0.15) is 0 Å². The number of terminal acetylenes is 1. The summed E-state index contributed by atoms with van der Waals surface area (Å²) in [6.07, 6.45) is 14.9. The first-order valence-electron chi connectivity index (χ1n) is 14.0. The van der Waals surface area contributed by atoms with Crippen LogP contribution in [0, 0.1) is 63.7 Å². The Morgan fingerprint density at radius 3 is 2.32 bits per heavy atom. The predicted octanol–water partition coefficient (Wildman–Crippen LogP) is 5.98. The second kappa shape index (κ2) is 7.94. The van der Waals surface area contributed by atoms with Gasteiger partial charge < -0.3 is 10.1 Å². The number of hydrogen-bond donors (Lipinski definition) is 1. The van der Waals surface area contributed by atoms with Gasteiger partial charge in [0.25, 0.3) is 5.91 Å². The molecule has 38 heavy (non-hydrogen) atoms. The van der Waals surface area contributed by atoms with Gasteiger partial charge in [0.2, 0.25) is 5.70 Å². The maximum absolute atomic E-state index is 14.4. The molecule has 1 N–H and O–H groups in total. The minimum Gasteiger partial charge on any atom is -0.339 e. The van der Waals surface area contributed by atoms with Crippen molar-refractivity contribution in [1.82, 2.24) is 5.32 Å². The molecule has 5 aliphatic carbocycles. The van der Waals surface area contributed by atoms with Gasteiger partial charge in [-0.25, -0.2) is 4.85 Å². The Labute approximate surface area is 228 Å². The van der Waals surface area contributed by atoms with Crippen molar-refractivity contribution in [2.24, 2.45) is 33.0 Å². The summed E-state index contributed by atoms with van der Waals surface area (Å²) in [5, 5.41) is 3.17. The molecule has 0 heterocycles. The summed E-state index contributed by atoms with van der Waals surface area (Å²) in [4.78, 5) is 43.7. The lowest BCUT2D eigenvalue weighted by Crippen LogP contribution is -2.68. The van der Waals surface area contributed by atoms with E-state index in [-0.39, 0.29) is 34.0 Å². The molecule has 0 aromatic rings. The number of rotatable bonds is 1. The summed E-state index contributed by atoms with van der Waals surface area (Å²) in [5.41, 5.74) is -1.29. The molecule has 3 saturated carbocycles. The Hall–Kier alpha value is -2.66. The number of nitrogens with zero attached hydrogens (tertiary/aromatic N) is 1. The van der Waals surface area contributed by atoms with Crippen LogP contribution in [-0.4, -0.2) is 23.0 Å². The summed E-state index contributed by atoms with van der Waals surface area (Å²) in [5.74, 6) is 3.69. The second-order valence-electron chi connectivity index (χ2n) is 14.5. The van der Waals surface area contributed by atoms with Crippen molar-refractivity contribution < 1.29 is 14.4 Å². The Bertz CT molecular complexity index is 1290. The van der Waals surface area contributed by atoms with Crippen molar-refractivity contribution in [3.05, 3.63) is 46.7 Å². The second-order valence-corrected chi connectivity index (χ2v) is 14.5. The molecule has 5 aliphatic rings. The molecule has 3 fully saturated rings. The third-order valence-electron chi connectivity index (χ3n) is 11.7. The molecule has 0 bridgehead atoms. The van der Waals surface area contributed by atoms with E-state index in [0.29, 0.717) is 0 Å². The number of nitrogens with one attached hydrogen (secondary N) is 1.